The molecule has 3 atom stereocenters. The number of allylic oxidation sites excluding steroid dienone is 1. The van der Waals surface area contributed by atoms with Crippen LogP contribution in [0.2, 0.25) is 0 Å². The summed E-state index contributed by atoms with van der Waals surface area (Å²) in [6.45, 7) is 4.40. The molecule has 1 aromatic carbocycles. The van der Waals surface area contributed by atoms with Gasteiger partial charge in [0.25, 0.3) is 0 Å². The summed E-state index contributed by atoms with van der Waals surface area (Å²) in [5.41, 5.74) is 1.45. The SMILES string of the molecule is CC(C)=CC(=O)N(CC12CC3CC(CC(C3)C1)C2)[C@@H]1CC(C(=O)NCCO)=C[C@H](Oc2ccccc2I)[C@H]1O. The second kappa shape index (κ2) is 11.9. The van der Waals surface area contributed by atoms with Gasteiger partial charge < -0.3 is 25.2 Å². The zero-order valence-electron chi connectivity index (χ0n) is 22.9. The predicted molar refractivity (Wildman–Crippen MR) is 158 cm³/mol. The van der Waals surface area contributed by atoms with E-state index in [-0.39, 0.29) is 36.8 Å². The average molecular weight is 649 g/mol. The minimum absolute atomic E-state index is 0.0747. The summed E-state index contributed by atoms with van der Waals surface area (Å²) in [7, 11) is 0. The molecular weight excluding hydrogens is 607 g/mol. The Balaban J connectivity index is 1.48. The third kappa shape index (κ3) is 6.38. The topological polar surface area (TPSA) is 99.1 Å². The Morgan fingerprint density at radius 1 is 1.13 bits per heavy atom. The summed E-state index contributed by atoms with van der Waals surface area (Å²) in [6.07, 6.45) is 9.15. The molecule has 212 valence electrons. The number of para-hydroxylation sites is 1. The third-order valence-electron chi connectivity index (χ3n) is 9.08. The minimum atomic E-state index is -1.00. The van der Waals surface area contributed by atoms with E-state index in [1.54, 1.807) is 12.2 Å². The number of benzene rings is 1. The van der Waals surface area contributed by atoms with E-state index in [1.165, 1.54) is 19.3 Å². The Morgan fingerprint density at radius 2 is 1.77 bits per heavy atom. The number of aliphatic hydroxyl groups excluding tert-OH is 2. The molecule has 3 N–H and O–H groups in total. The third-order valence-corrected chi connectivity index (χ3v) is 9.97. The first-order chi connectivity index (χ1) is 18.7. The number of hydrogen-bond acceptors (Lipinski definition) is 5. The molecule has 6 rings (SSSR count). The quantitative estimate of drug-likeness (QED) is 0.275. The molecule has 4 bridgehead atoms. The molecule has 4 saturated carbocycles. The Hall–Kier alpha value is -1.91. The fraction of sp³-hybridized carbons (Fsp3) is 0.613. The van der Waals surface area contributed by atoms with E-state index >= 15 is 0 Å². The Morgan fingerprint density at radius 3 is 2.36 bits per heavy atom. The van der Waals surface area contributed by atoms with Gasteiger partial charge in [0.1, 0.15) is 18.0 Å². The van der Waals surface area contributed by atoms with Crippen LogP contribution in [0.4, 0.5) is 0 Å². The lowest BCUT2D eigenvalue weighted by Gasteiger charge is -2.58. The Bertz CT molecular complexity index is 1110. The largest absolute Gasteiger partial charge is 0.482 e. The number of hydrogen-bond donors (Lipinski definition) is 3. The highest BCUT2D eigenvalue weighted by Gasteiger charge is 2.53. The highest BCUT2D eigenvalue weighted by Crippen LogP contribution is 2.60. The summed E-state index contributed by atoms with van der Waals surface area (Å²) < 4.78 is 7.20. The summed E-state index contributed by atoms with van der Waals surface area (Å²) in [5, 5.41) is 23.8. The van der Waals surface area contributed by atoms with E-state index < -0.39 is 18.2 Å². The monoisotopic (exact) mass is 648 g/mol. The number of nitrogens with zero attached hydrogens (tertiary/aromatic N) is 1. The van der Waals surface area contributed by atoms with E-state index in [2.05, 4.69) is 27.9 Å². The Labute approximate surface area is 245 Å². The number of carbonyl (C=O) groups is 2. The molecule has 0 spiro atoms. The summed E-state index contributed by atoms with van der Waals surface area (Å²) in [5.74, 6) is 2.43. The van der Waals surface area contributed by atoms with Crippen molar-refractivity contribution < 1.29 is 24.5 Å². The van der Waals surface area contributed by atoms with E-state index in [0.717, 1.165) is 46.2 Å². The predicted octanol–water partition coefficient (Wildman–Crippen LogP) is 4.22. The molecule has 0 unspecified atom stereocenters. The normalized spacial score (nSPS) is 32.8. The average Bonchev–Trinajstić information content (AvgIpc) is 2.87. The first-order valence-corrected chi connectivity index (χ1v) is 15.4. The van der Waals surface area contributed by atoms with E-state index in [9.17, 15) is 19.8 Å². The van der Waals surface area contributed by atoms with Gasteiger partial charge in [-0.05, 0) is 116 Å². The van der Waals surface area contributed by atoms with Gasteiger partial charge in [-0.15, -0.1) is 0 Å². The van der Waals surface area contributed by atoms with Crippen LogP contribution in [-0.2, 0) is 9.59 Å². The maximum absolute atomic E-state index is 13.8. The highest BCUT2D eigenvalue weighted by molar-refractivity contribution is 14.1. The standard InChI is InChI=1S/C31H41IN2O5/c1-19(2)9-28(36)34(18-31-15-20-10-21(16-31)12-22(11-20)17-31)25-13-23(30(38)33-7-8-35)14-27(29(25)37)39-26-6-4-3-5-24(26)32/h3-6,9,14,20-22,25,27,29,35,37H,7-8,10-13,15-18H2,1-2H3,(H,33,38)/t20?,21?,22?,25-,27+,29+,31?/m1/s1. The number of nitrogens with one attached hydrogen (secondary N) is 1. The van der Waals surface area contributed by atoms with Gasteiger partial charge in [0.2, 0.25) is 11.8 Å². The number of carbonyl (C=O) groups excluding carboxylic acids is 2. The number of rotatable bonds is 9. The van der Waals surface area contributed by atoms with Crippen molar-refractivity contribution in [1.82, 2.24) is 10.2 Å². The van der Waals surface area contributed by atoms with Gasteiger partial charge in [-0.3, -0.25) is 9.59 Å². The van der Waals surface area contributed by atoms with Crippen LogP contribution in [0.5, 0.6) is 5.75 Å². The fourth-order valence-corrected chi connectivity index (χ4v) is 8.51. The molecular formula is C31H41IN2O5. The van der Waals surface area contributed by atoms with Crippen molar-refractivity contribution in [2.24, 2.45) is 23.2 Å². The molecule has 5 aliphatic rings. The van der Waals surface area contributed by atoms with E-state index in [1.807, 2.05) is 43.0 Å². The first-order valence-electron chi connectivity index (χ1n) is 14.3. The smallest absolute Gasteiger partial charge is 0.247 e. The lowest BCUT2D eigenvalue weighted by Crippen LogP contribution is -2.59. The van der Waals surface area contributed by atoms with Crippen molar-refractivity contribution in [2.45, 2.75) is 77.0 Å². The van der Waals surface area contributed by atoms with Crippen LogP contribution in [-0.4, -0.2) is 64.9 Å². The van der Waals surface area contributed by atoms with Gasteiger partial charge in [-0.1, -0.05) is 17.7 Å². The van der Waals surface area contributed by atoms with Gasteiger partial charge in [-0.25, -0.2) is 0 Å². The molecule has 7 nitrogen and oxygen atoms in total. The molecule has 1 aromatic rings. The highest BCUT2D eigenvalue weighted by atomic mass is 127. The van der Waals surface area contributed by atoms with Crippen LogP contribution in [0, 0.1) is 26.7 Å². The van der Waals surface area contributed by atoms with Crippen LogP contribution < -0.4 is 10.1 Å². The molecule has 2 amide bonds. The van der Waals surface area contributed by atoms with Gasteiger partial charge in [0, 0.05) is 31.2 Å². The van der Waals surface area contributed by atoms with Crippen molar-refractivity contribution in [3.8, 4) is 5.75 Å². The molecule has 39 heavy (non-hydrogen) atoms. The van der Waals surface area contributed by atoms with Crippen molar-refractivity contribution in [2.75, 3.05) is 19.7 Å². The lowest BCUT2D eigenvalue weighted by molar-refractivity contribution is -0.142. The lowest BCUT2D eigenvalue weighted by atomic mass is 9.49. The maximum Gasteiger partial charge on any atom is 0.247 e. The van der Waals surface area contributed by atoms with Crippen LogP contribution in [0.15, 0.2) is 47.6 Å². The summed E-state index contributed by atoms with van der Waals surface area (Å²) in [6, 6.07) is 6.97. The van der Waals surface area contributed by atoms with Crippen LogP contribution in [0.3, 0.4) is 0 Å². The molecule has 0 saturated heterocycles. The van der Waals surface area contributed by atoms with E-state index in [4.69, 9.17) is 4.74 Å². The molecule has 0 heterocycles. The number of halogens is 1. The fourth-order valence-electron chi connectivity index (χ4n) is 8.00. The second-order valence-electron chi connectivity index (χ2n) is 12.6. The van der Waals surface area contributed by atoms with Crippen molar-refractivity contribution in [1.29, 1.82) is 0 Å². The molecule has 0 aliphatic heterocycles. The van der Waals surface area contributed by atoms with E-state index in [0.29, 0.717) is 17.9 Å². The zero-order chi connectivity index (χ0) is 27.7. The Kier molecular flexibility index (Phi) is 8.74. The van der Waals surface area contributed by atoms with Crippen molar-refractivity contribution in [3.63, 3.8) is 0 Å². The molecule has 0 radical (unpaired) electrons. The zero-order valence-corrected chi connectivity index (χ0v) is 25.1. The van der Waals surface area contributed by atoms with Crippen LogP contribution >= 0.6 is 22.6 Å². The summed E-state index contributed by atoms with van der Waals surface area (Å²) >= 11 is 2.19. The van der Waals surface area contributed by atoms with Gasteiger partial charge in [0.05, 0.1) is 16.2 Å². The van der Waals surface area contributed by atoms with Crippen LogP contribution in [0.1, 0.15) is 58.8 Å². The summed E-state index contributed by atoms with van der Waals surface area (Å²) in [4.78, 5) is 28.8. The molecule has 5 aliphatic carbocycles. The minimum Gasteiger partial charge on any atom is -0.482 e. The van der Waals surface area contributed by atoms with Crippen molar-refractivity contribution >= 4 is 34.4 Å². The maximum atomic E-state index is 13.8. The number of ether oxygens (including phenoxy) is 1. The first kappa shape index (κ1) is 28.6. The number of amides is 2. The number of aliphatic hydroxyl groups is 2. The van der Waals surface area contributed by atoms with Gasteiger partial charge in [0.15, 0.2) is 0 Å². The second-order valence-corrected chi connectivity index (χ2v) is 13.7. The van der Waals surface area contributed by atoms with Crippen molar-refractivity contribution in [3.05, 3.63) is 51.1 Å². The van der Waals surface area contributed by atoms with Gasteiger partial charge >= 0.3 is 0 Å². The molecule has 8 heteroatoms. The van der Waals surface area contributed by atoms with Crippen LogP contribution in [0.25, 0.3) is 0 Å². The van der Waals surface area contributed by atoms with Gasteiger partial charge in [-0.2, -0.15) is 0 Å². The molecule has 4 fully saturated rings. The molecule has 0 aromatic heterocycles.